The molecule has 0 saturated heterocycles. The van der Waals surface area contributed by atoms with Gasteiger partial charge in [-0.1, -0.05) is 12.1 Å². The van der Waals surface area contributed by atoms with Crippen molar-refractivity contribution in [2.45, 2.75) is 19.6 Å². The predicted octanol–water partition coefficient (Wildman–Crippen LogP) is 1.49. The number of para-hydroxylation sites is 1. The van der Waals surface area contributed by atoms with Gasteiger partial charge in [-0.3, -0.25) is 9.59 Å². The number of carboxylic acids is 1. The van der Waals surface area contributed by atoms with Crippen LogP contribution in [-0.4, -0.2) is 29.6 Å². The first-order valence-electron chi connectivity index (χ1n) is 4.99. The molecule has 5 nitrogen and oxygen atoms in total. The lowest BCUT2D eigenvalue weighted by molar-refractivity contribution is -0.138. The summed E-state index contributed by atoms with van der Waals surface area (Å²) < 4.78 is 28.4. The Kier molecular flexibility index (Phi) is 4.59. The molecule has 1 rings (SSSR count). The maximum Gasteiger partial charge on any atom is 0.387 e. The number of amides is 1. The molecular formula is C11H11F2NO4. The third-order valence-corrected chi connectivity index (χ3v) is 2.07. The van der Waals surface area contributed by atoms with Crippen molar-refractivity contribution in [1.82, 2.24) is 5.32 Å². The number of carbonyl (C=O) groups excluding carboxylic acids is 1. The highest BCUT2D eigenvalue weighted by Gasteiger charge is 2.19. The van der Waals surface area contributed by atoms with Gasteiger partial charge >= 0.3 is 12.6 Å². The van der Waals surface area contributed by atoms with Crippen LogP contribution in [0.5, 0.6) is 5.75 Å². The third-order valence-electron chi connectivity index (χ3n) is 2.07. The summed E-state index contributed by atoms with van der Waals surface area (Å²) in [6.45, 7) is -1.80. The number of rotatable bonds is 5. The smallest absolute Gasteiger partial charge is 0.387 e. The van der Waals surface area contributed by atoms with Gasteiger partial charge < -0.3 is 15.2 Å². The molecule has 0 aliphatic heterocycles. The summed E-state index contributed by atoms with van der Waals surface area (Å²) in [5, 5.41) is 10.8. The number of ether oxygens (including phenoxy) is 1. The average molecular weight is 259 g/mol. The van der Waals surface area contributed by atoms with Crippen molar-refractivity contribution in [1.29, 1.82) is 0 Å². The standard InChI is InChI=1S/C11H11F2NO4/c1-6(10(16)17)14-9(15)7-4-2-3-5-8(7)18-11(12)13/h2-6,11H,1H3,(H,14,15)(H,16,17)/t6-/m0/s1. The second kappa shape index (κ2) is 5.95. The fraction of sp³-hybridized carbons (Fsp3) is 0.273. The van der Waals surface area contributed by atoms with Crippen LogP contribution in [0.3, 0.4) is 0 Å². The van der Waals surface area contributed by atoms with Crippen molar-refractivity contribution in [3.63, 3.8) is 0 Å². The van der Waals surface area contributed by atoms with Crippen LogP contribution in [0.1, 0.15) is 17.3 Å². The van der Waals surface area contributed by atoms with Crippen molar-refractivity contribution in [2.24, 2.45) is 0 Å². The van der Waals surface area contributed by atoms with Crippen LogP contribution in [0.4, 0.5) is 8.78 Å². The fourth-order valence-electron chi connectivity index (χ4n) is 1.19. The SMILES string of the molecule is C[C@H](NC(=O)c1ccccc1OC(F)F)C(=O)O. The average Bonchev–Trinajstić information content (AvgIpc) is 2.28. The molecule has 18 heavy (non-hydrogen) atoms. The number of aliphatic carboxylic acids is 1. The highest BCUT2D eigenvalue weighted by Crippen LogP contribution is 2.20. The number of halogens is 2. The maximum atomic E-state index is 12.1. The van der Waals surface area contributed by atoms with Crippen LogP contribution in [0, 0.1) is 0 Å². The molecule has 0 aliphatic carbocycles. The van der Waals surface area contributed by atoms with Gasteiger partial charge in [0.1, 0.15) is 11.8 Å². The second-order valence-corrected chi connectivity index (χ2v) is 3.41. The molecule has 0 heterocycles. The Morgan fingerprint density at radius 2 is 1.94 bits per heavy atom. The molecule has 1 aromatic rings. The molecule has 1 amide bonds. The third kappa shape index (κ3) is 3.69. The molecule has 0 fully saturated rings. The number of carboxylic acid groups (broad SMARTS) is 1. The van der Waals surface area contributed by atoms with E-state index < -0.39 is 24.5 Å². The Balaban J connectivity index is 2.88. The summed E-state index contributed by atoms with van der Waals surface area (Å²) in [5.74, 6) is -2.32. The summed E-state index contributed by atoms with van der Waals surface area (Å²) in [4.78, 5) is 22.2. The minimum Gasteiger partial charge on any atom is -0.480 e. The minimum absolute atomic E-state index is 0.147. The first kappa shape index (κ1) is 13.9. The monoisotopic (exact) mass is 259 g/mol. The van der Waals surface area contributed by atoms with Gasteiger partial charge in [-0.15, -0.1) is 0 Å². The van der Waals surface area contributed by atoms with Crippen LogP contribution in [0.2, 0.25) is 0 Å². The van der Waals surface area contributed by atoms with Crippen LogP contribution in [0.15, 0.2) is 24.3 Å². The van der Waals surface area contributed by atoms with Crippen LogP contribution in [-0.2, 0) is 4.79 Å². The lowest BCUT2D eigenvalue weighted by Gasteiger charge is -2.12. The van der Waals surface area contributed by atoms with E-state index in [1.165, 1.54) is 31.2 Å². The van der Waals surface area contributed by atoms with E-state index in [0.29, 0.717) is 0 Å². The topological polar surface area (TPSA) is 75.6 Å². The van der Waals surface area contributed by atoms with Crippen molar-refractivity contribution >= 4 is 11.9 Å². The molecule has 0 saturated carbocycles. The Morgan fingerprint density at radius 3 is 2.50 bits per heavy atom. The van der Waals surface area contributed by atoms with Gasteiger partial charge in [0.25, 0.3) is 5.91 Å². The number of hydrogen-bond donors (Lipinski definition) is 2. The predicted molar refractivity (Wildman–Crippen MR) is 57.6 cm³/mol. The number of nitrogens with one attached hydrogen (secondary N) is 1. The molecule has 0 unspecified atom stereocenters. The zero-order chi connectivity index (χ0) is 13.7. The van der Waals surface area contributed by atoms with E-state index in [9.17, 15) is 18.4 Å². The first-order valence-corrected chi connectivity index (χ1v) is 4.99. The quantitative estimate of drug-likeness (QED) is 0.840. The molecule has 0 spiro atoms. The molecule has 2 N–H and O–H groups in total. The van der Waals surface area contributed by atoms with Crippen molar-refractivity contribution in [2.75, 3.05) is 0 Å². The molecule has 0 aliphatic rings. The van der Waals surface area contributed by atoms with Crippen molar-refractivity contribution in [3.8, 4) is 5.75 Å². The van der Waals surface area contributed by atoms with Gasteiger partial charge in [0.2, 0.25) is 0 Å². The summed E-state index contributed by atoms with van der Waals surface area (Å²) in [5.41, 5.74) is -0.147. The Hall–Kier alpha value is -2.18. The van der Waals surface area contributed by atoms with E-state index in [4.69, 9.17) is 5.11 Å². The molecule has 7 heteroatoms. The highest BCUT2D eigenvalue weighted by atomic mass is 19.3. The minimum atomic E-state index is -3.06. The van der Waals surface area contributed by atoms with E-state index >= 15 is 0 Å². The fourth-order valence-corrected chi connectivity index (χ4v) is 1.19. The Morgan fingerprint density at radius 1 is 1.33 bits per heavy atom. The van der Waals surface area contributed by atoms with Gasteiger partial charge in [-0.05, 0) is 19.1 Å². The van der Waals surface area contributed by atoms with Gasteiger partial charge in [-0.2, -0.15) is 8.78 Å². The van der Waals surface area contributed by atoms with Crippen LogP contribution >= 0.6 is 0 Å². The van der Waals surface area contributed by atoms with Gasteiger partial charge in [-0.25, -0.2) is 0 Å². The molecule has 98 valence electrons. The zero-order valence-electron chi connectivity index (χ0n) is 9.39. The van der Waals surface area contributed by atoms with Crippen molar-refractivity contribution in [3.05, 3.63) is 29.8 Å². The largest absolute Gasteiger partial charge is 0.480 e. The summed E-state index contributed by atoms with van der Waals surface area (Å²) in [7, 11) is 0. The number of benzene rings is 1. The number of alkyl halides is 2. The maximum absolute atomic E-state index is 12.1. The Bertz CT molecular complexity index is 450. The van der Waals surface area contributed by atoms with E-state index in [1.54, 1.807) is 0 Å². The molecule has 0 bridgehead atoms. The normalized spacial score (nSPS) is 12.0. The summed E-state index contributed by atoms with van der Waals surface area (Å²) >= 11 is 0. The molecular weight excluding hydrogens is 248 g/mol. The molecule has 1 atom stereocenters. The number of carbonyl (C=O) groups is 2. The van der Waals surface area contributed by atoms with Crippen LogP contribution in [0.25, 0.3) is 0 Å². The summed E-state index contributed by atoms with van der Waals surface area (Å²) in [6, 6.07) is 4.22. The molecule has 1 aromatic carbocycles. The lowest BCUT2D eigenvalue weighted by atomic mass is 10.1. The van der Waals surface area contributed by atoms with E-state index in [1.807, 2.05) is 0 Å². The number of hydrogen-bond acceptors (Lipinski definition) is 3. The zero-order valence-corrected chi connectivity index (χ0v) is 9.39. The van der Waals surface area contributed by atoms with Gasteiger partial charge in [0, 0.05) is 0 Å². The van der Waals surface area contributed by atoms with E-state index in [0.717, 1.165) is 0 Å². The summed E-state index contributed by atoms with van der Waals surface area (Å²) in [6.07, 6.45) is 0. The molecule has 0 aromatic heterocycles. The Labute approximate surface area is 101 Å². The lowest BCUT2D eigenvalue weighted by Crippen LogP contribution is -2.38. The highest BCUT2D eigenvalue weighted by molar-refractivity contribution is 5.98. The second-order valence-electron chi connectivity index (χ2n) is 3.41. The van der Waals surface area contributed by atoms with Crippen LogP contribution < -0.4 is 10.1 Å². The van der Waals surface area contributed by atoms with E-state index in [-0.39, 0.29) is 11.3 Å². The van der Waals surface area contributed by atoms with Gasteiger partial charge in [0.05, 0.1) is 5.56 Å². The molecule has 0 radical (unpaired) electrons. The van der Waals surface area contributed by atoms with Gasteiger partial charge in [0.15, 0.2) is 0 Å². The van der Waals surface area contributed by atoms with Crippen molar-refractivity contribution < 1.29 is 28.2 Å². The first-order chi connectivity index (χ1) is 8.41. The van der Waals surface area contributed by atoms with E-state index in [2.05, 4.69) is 10.1 Å².